The van der Waals surface area contributed by atoms with Crippen LogP contribution in [0.15, 0.2) is 18.2 Å². The van der Waals surface area contributed by atoms with Crippen molar-refractivity contribution in [3.05, 3.63) is 29.6 Å². The molecule has 0 saturated heterocycles. The number of nitrogens with zero attached hydrogens (tertiary/aromatic N) is 1. The number of nitrogens with one attached hydrogen (secondary N) is 2. The lowest BCUT2D eigenvalue weighted by Gasteiger charge is -2.21. The minimum Gasteiger partial charge on any atom is -0.385 e. The molecule has 0 bridgehead atoms. The van der Waals surface area contributed by atoms with E-state index in [1.54, 1.807) is 13.1 Å². The van der Waals surface area contributed by atoms with Crippen molar-refractivity contribution < 1.29 is 9.18 Å². The number of carbonyl (C=O) groups excluding carboxylic acids is 1. The van der Waals surface area contributed by atoms with Gasteiger partial charge in [-0.1, -0.05) is 6.07 Å². The molecular formula is C14H22FN3O. The Morgan fingerprint density at radius 1 is 1.42 bits per heavy atom. The highest BCUT2D eigenvalue weighted by Gasteiger charge is 2.13. The van der Waals surface area contributed by atoms with Gasteiger partial charge in [0.2, 0.25) is 0 Å². The third-order valence-corrected chi connectivity index (χ3v) is 3.14. The van der Waals surface area contributed by atoms with Gasteiger partial charge in [-0.2, -0.15) is 0 Å². The number of carbonyl (C=O) groups is 1. The van der Waals surface area contributed by atoms with Gasteiger partial charge in [0, 0.05) is 26.2 Å². The number of hydrogen-bond acceptors (Lipinski definition) is 3. The van der Waals surface area contributed by atoms with E-state index >= 15 is 0 Å². The van der Waals surface area contributed by atoms with Crippen LogP contribution in [0.1, 0.15) is 24.2 Å². The highest BCUT2D eigenvalue weighted by molar-refractivity contribution is 5.99. The zero-order valence-corrected chi connectivity index (χ0v) is 12.0. The molecule has 5 heteroatoms. The number of benzene rings is 1. The van der Waals surface area contributed by atoms with E-state index in [1.807, 2.05) is 7.05 Å². The average Bonchev–Trinajstić information content (AvgIpc) is 2.37. The van der Waals surface area contributed by atoms with Gasteiger partial charge in [-0.3, -0.25) is 4.79 Å². The molecule has 1 aromatic rings. The van der Waals surface area contributed by atoms with Gasteiger partial charge < -0.3 is 15.5 Å². The van der Waals surface area contributed by atoms with Gasteiger partial charge in [0.1, 0.15) is 5.82 Å². The van der Waals surface area contributed by atoms with E-state index in [0.29, 0.717) is 18.2 Å². The SMILES string of the molecule is CNc1c(F)cccc1C(=O)NCCN(C)C(C)C. The van der Waals surface area contributed by atoms with E-state index in [0.717, 1.165) is 6.54 Å². The van der Waals surface area contributed by atoms with Crippen molar-refractivity contribution >= 4 is 11.6 Å². The first kappa shape index (κ1) is 15.4. The molecule has 0 saturated carbocycles. The molecule has 1 rings (SSSR count). The van der Waals surface area contributed by atoms with Crippen molar-refractivity contribution in [3.8, 4) is 0 Å². The molecule has 106 valence electrons. The second kappa shape index (κ2) is 7.09. The zero-order chi connectivity index (χ0) is 14.4. The Hall–Kier alpha value is -1.62. The van der Waals surface area contributed by atoms with Crippen molar-refractivity contribution in [2.75, 3.05) is 32.5 Å². The lowest BCUT2D eigenvalue weighted by atomic mass is 10.1. The maximum absolute atomic E-state index is 13.5. The van der Waals surface area contributed by atoms with Crippen LogP contribution >= 0.6 is 0 Å². The molecule has 0 aromatic heterocycles. The Bertz CT molecular complexity index is 435. The van der Waals surface area contributed by atoms with Crippen molar-refractivity contribution in [2.45, 2.75) is 19.9 Å². The average molecular weight is 267 g/mol. The smallest absolute Gasteiger partial charge is 0.253 e. The summed E-state index contributed by atoms with van der Waals surface area (Å²) < 4.78 is 13.5. The van der Waals surface area contributed by atoms with E-state index in [2.05, 4.69) is 29.4 Å². The number of para-hydroxylation sites is 1. The first-order valence-corrected chi connectivity index (χ1v) is 6.42. The quantitative estimate of drug-likeness (QED) is 0.828. The second-order valence-electron chi connectivity index (χ2n) is 4.74. The van der Waals surface area contributed by atoms with Crippen molar-refractivity contribution in [1.29, 1.82) is 0 Å². The molecule has 0 aliphatic rings. The molecule has 0 aliphatic carbocycles. The van der Waals surface area contributed by atoms with Crippen LogP contribution < -0.4 is 10.6 Å². The molecule has 0 atom stereocenters. The summed E-state index contributed by atoms with van der Waals surface area (Å²) in [5.74, 6) is -0.685. The van der Waals surface area contributed by atoms with E-state index in [-0.39, 0.29) is 11.6 Å². The molecule has 1 aromatic carbocycles. The summed E-state index contributed by atoms with van der Waals surface area (Å²) >= 11 is 0. The second-order valence-corrected chi connectivity index (χ2v) is 4.74. The van der Waals surface area contributed by atoms with Crippen LogP contribution in [-0.4, -0.2) is 44.0 Å². The predicted octanol–water partition coefficient (Wildman–Crippen LogP) is 1.94. The van der Waals surface area contributed by atoms with Crippen molar-refractivity contribution in [1.82, 2.24) is 10.2 Å². The predicted molar refractivity (Wildman–Crippen MR) is 76.0 cm³/mol. The Morgan fingerprint density at radius 2 is 2.11 bits per heavy atom. The van der Waals surface area contributed by atoms with Crippen molar-refractivity contribution in [2.24, 2.45) is 0 Å². The summed E-state index contributed by atoms with van der Waals surface area (Å²) in [5.41, 5.74) is 0.562. The maximum Gasteiger partial charge on any atom is 0.253 e. The molecule has 0 fully saturated rings. The molecule has 0 spiro atoms. The Balaban J connectivity index is 2.62. The fraction of sp³-hybridized carbons (Fsp3) is 0.500. The van der Waals surface area contributed by atoms with Crippen LogP contribution in [0.4, 0.5) is 10.1 Å². The minimum absolute atomic E-state index is 0.234. The lowest BCUT2D eigenvalue weighted by molar-refractivity contribution is 0.0948. The number of rotatable bonds is 6. The summed E-state index contributed by atoms with van der Waals surface area (Å²) in [4.78, 5) is 14.1. The molecule has 0 radical (unpaired) electrons. The Labute approximate surface area is 114 Å². The molecule has 1 amide bonds. The van der Waals surface area contributed by atoms with Gasteiger partial charge in [0.25, 0.3) is 5.91 Å². The zero-order valence-electron chi connectivity index (χ0n) is 12.0. The van der Waals surface area contributed by atoms with E-state index < -0.39 is 5.82 Å². The van der Waals surface area contributed by atoms with Crippen LogP contribution in [0.2, 0.25) is 0 Å². The monoisotopic (exact) mass is 267 g/mol. The van der Waals surface area contributed by atoms with Crippen LogP contribution in [0.25, 0.3) is 0 Å². The van der Waals surface area contributed by atoms with Crippen LogP contribution in [0.5, 0.6) is 0 Å². The summed E-state index contributed by atoms with van der Waals surface area (Å²) in [6, 6.07) is 4.90. The Kier molecular flexibility index (Phi) is 5.76. The van der Waals surface area contributed by atoms with Gasteiger partial charge in [-0.05, 0) is 33.0 Å². The van der Waals surface area contributed by atoms with Crippen LogP contribution in [0, 0.1) is 5.82 Å². The van der Waals surface area contributed by atoms with Gasteiger partial charge >= 0.3 is 0 Å². The normalized spacial score (nSPS) is 10.9. The van der Waals surface area contributed by atoms with Gasteiger partial charge in [0.05, 0.1) is 11.3 Å². The fourth-order valence-electron chi connectivity index (χ4n) is 1.67. The maximum atomic E-state index is 13.5. The Morgan fingerprint density at radius 3 is 2.68 bits per heavy atom. The number of amides is 1. The number of anilines is 1. The van der Waals surface area contributed by atoms with E-state index in [4.69, 9.17) is 0 Å². The van der Waals surface area contributed by atoms with E-state index in [9.17, 15) is 9.18 Å². The topological polar surface area (TPSA) is 44.4 Å². The van der Waals surface area contributed by atoms with Gasteiger partial charge in [0.15, 0.2) is 0 Å². The number of hydrogen-bond donors (Lipinski definition) is 2. The van der Waals surface area contributed by atoms with Crippen molar-refractivity contribution in [3.63, 3.8) is 0 Å². The lowest BCUT2D eigenvalue weighted by Crippen LogP contribution is -2.36. The molecule has 2 N–H and O–H groups in total. The molecule has 19 heavy (non-hydrogen) atoms. The molecule has 4 nitrogen and oxygen atoms in total. The molecular weight excluding hydrogens is 245 g/mol. The number of likely N-dealkylation sites (N-methyl/N-ethyl adjacent to an activating group) is 1. The highest BCUT2D eigenvalue weighted by atomic mass is 19.1. The fourth-order valence-corrected chi connectivity index (χ4v) is 1.67. The summed E-state index contributed by atoms with van der Waals surface area (Å²) in [6.45, 7) is 5.47. The first-order valence-electron chi connectivity index (χ1n) is 6.42. The van der Waals surface area contributed by atoms with Crippen LogP contribution in [0.3, 0.4) is 0 Å². The van der Waals surface area contributed by atoms with Gasteiger partial charge in [-0.25, -0.2) is 4.39 Å². The first-order chi connectivity index (χ1) is 8.97. The van der Waals surface area contributed by atoms with Crippen LogP contribution in [-0.2, 0) is 0 Å². The minimum atomic E-state index is -0.422. The van der Waals surface area contributed by atoms with Gasteiger partial charge in [-0.15, -0.1) is 0 Å². The highest BCUT2D eigenvalue weighted by Crippen LogP contribution is 2.18. The largest absolute Gasteiger partial charge is 0.385 e. The van der Waals surface area contributed by atoms with E-state index in [1.165, 1.54) is 12.1 Å². The third kappa shape index (κ3) is 4.21. The molecule has 0 unspecified atom stereocenters. The molecule has 0 aliphatic heterocycles. The summed E-state index contributed by atoms with van der Waals surface area (Å²) in [5, 5.41) is 5.52. The summed E-state index contributed by atoms with van der Waals surface area (Å²) in [7, 11) is 3.60. The third-order valence-electron chi connectivity index (χ3n) is 3.14. The summed E-state index contributed by atoms with van der Waals surface area (Å²) in [6.07, 6.45) is 0. The number of halogens is 1. The molecule has 0 heterocycles. The standard InChI is InChI=1S/C14H22FN3O/c1-10(2)18(4)9-8-17-14(19)11-6-5-7-12(15)13(11)16-3/h5-7,10,16H,8-9H2,1-4H3,(H,17,19).